The molecule has 0 aliphatic rings. The summed E-state index contributed by atoms with van der Waals surface area (Å²) >= 11 is 0. The molecule has 2 nitrogen and oxygen atoms in total. The Balaban J connectivity index is 3.83. The van der Waals surface area contributed by atoms with E-state index < -0.39 is 0 Å². The van der Waals surface area contributed by atoms with Crippen LogP contribution in [0.2, 0.25) is 0 Å². The van der Waals surface area contributed by atoms with E-state index in [1.807, 2.05) is 13.8 Å². The Morgan fingerprint density at radius 2 is 1.91 bits per heavy atom. The largest absolute Gasteiger partial charge is 0.369 e. The molecule has 0 radical (unpaired) electrons. The standard InChI is InChI=1S/C9H19NO/c1-7(2)5-6-9(3,4)8(10)11/h7H,5-6H2,1-4H3,(H2,10,11). The van der Waals surface area contributed by atoms with Gasteiger partial charge < -0.3 is 5.73 Å². The maximum absolute atomic E-state index is 10.9. The first-order valence-electron chi connectivity index (χ1n) is 4.16. The number of hydrogen-bond acceptors (Lipinski definition) is 1. The predicted molar refractivity (Wildman–Crippen MR) is 47.0 cm³/mol. The van der Waals surface area contributed by atoms with Gasteiger partial charge in [-0.1, -0.05) is 27.7 Å². The summed E-state index contributed by atoms with van der Waals surface area (Å²) in [5.74, 6) is 0.451. The fourth-order valence-corrected chi connectivity index (χ4v) is 0.773. The Kier molecular flexibility index (Phi) is 3.56. The highest BCUT2D eigenvalue weighted by molar-refractivity contribution is 5.79. The number of carbonyl (C=O) groups excluding carboxylic acids is 1. The Labute approximate surface area is 69.2 Å². The molecule has 1 amide bonds. The van der Waals surface area contributed by atoms with E-state index in [4.69, 9.17) is 5.73 Å². The summed E-state index contributed by atoms with van der Waals surface area (Å²) in [4.78, 5) is 10.9. The second-order valence-electron chi connectivity index (χ2n) is 4.18. The number of nitrogens with two attached hydrogens (primary N) is 1. The van der Waals surface area contributed by atoms with Gasteiger partial charge in [0.05, 0.1) is 0 Å². The van der Waals surface area contributed by atoms with Gasteiger partial charge in [-0.05, 0) is 18.8 Å². The molecule has 0 heterocycles. The average molecular weight is 157 g/mol. The number of rotatable bonds is 4. The molecule has 66 valence electrons. The Hall–Kier alpha value is -0.530. The first kappa shape index (κ1) is 10.5. The third-order valence-electron chi connectivity index (χ3n) is 2.01. The molecule has 0 fully saturated rings. The van der Waals surface area contributed by atoms with Crippen LogP contribution in [0.25, 0.3) is 0 Å². The first-order chi connectivity index (χ1) is 4.86. The normalized spacial score (nSPS) is 12.1. The molecular formula is C9H19NO. The number of primary amides is 1. The van der Waals surface area contributed by atoms with Gasteiger partial charge in [-0.3, -0.25) is 4.79 Å². The fourth-order valence-electron chi connectivity index (χ4n) is 0.773. The summed E-state index contributed by atoms with van der Waals surface area (Å²) < 4.78 is 0. The van der Waals surface area contributed by atoms with E-state index in [1.165, 1.54) is 0 Å². The monoisotopic (exact) mass is 157 g/mol. The molecule has 0 atom stereocenters. The molecule has 0 aliphatic heterocycles. The molecule has 0 bridgehead atoms. The van der Waals surface area contributed by atoms with Gasteiger partial charge in [0.2, 0.25) is 5.91 Å². The van der Waals surface area contributed by atoms with Crippen molar-refractivity contribution in [2.24, 2.45) is 17.1 Å². The minimum Gasteiger partial charge on any atom is -0.369 e. The Bertz CT molecular complexity index is 138. The lowest BCUT2D eigenvalue weighted by molar-refractivity contribution is -0.126. The van der Waals surface area contributed by atoms with Crippen LogP contribution >= 0.6 is 0 Å². The van der Waals surface area contributed by atoms with Crippen molar-refractivity contribution in [1.29, 1.82) is 0 Å². The lowest BCUT2D eigenvalue weighted by atomic mass is 9.85. The van der Waals surface area contributed by atoms with Crippen LogP contribution in [0.4, 0.5) is 0 Å². The minimum absolute atomic E-state index is 0.196. The summed E-state index contributed by atoms with van der Waals surface area (Å²) in [6.45, 7) is 8.10. The summed E-state index contributed by atoms with van der Waals surface area (Å²) in [6, 6.07) is 0. The molecule has 0 saturated heterocycles. The quantitative estimate of drug-likeness (QED) is 0.665. The van der Waals surface area contributed by atoms with Gasteiger partial charge in [0.1, 0.15) is 0 Å². The van der Waals surface area contributed by atoms with Crippen molar-refractivity contribution in [2.75, 3.05) is 0 Å². The number of carbonyl (C=O) groups is 1. The lowest BCUT2D eigenvalue weighted by Crippen LogP contribution is -2.31. The molecule has 0 aromatic carbocycles. The van der Waals surface area contributed by atoms with E-state index in [2.05, 4.69) is 13.8 Å². The predicted octanol–water partition coefficient (Wildman–Crippen LogP) is 1.93. The van der Waals surface area contributed by atoms with Crippen LogP contribution in [-0.4, -0.2) is 5.91 Å². The molecule has 2 N–H and O–H groups in total. The zero-order chi connectivity index (χ0) is 9.07. The molecule has 0 unspecified atom stereocenters. The van der Waals surface area contributed by atoms with Crippen molar-refractivity contribution in [2.45, 2.75) is 40.5 Å². The fraction of sp³-hybridized carbons (Fsp3) is 0.889. The van der Waals surface area contributed by atoms with Crippen LogP contribution in [0, 0.1) is 11.3 Å². The van der Waals surface area contributed by atoms with Crippen molar-refractivity contribution in [3.63, 3.8) is 0 Å². The van der Waals surface area contributed by atoms with E-state index in [0.29, 0.717) is 5.92 Å². The molecule has 0 rings (SSSR count). The van der Waals surface area contributed by atoms with Gasteiger partial charge in [0, 0.05) is 5.41 Å². The van der Waals surface area contributed by atoms with Gasteiger partial charge >= 0.3 is 0 Å². The second-order valence-corrected chi connectivity index (χ2v) is 4.18. The maximum atomic E-state index is 10.9. The number of hydrogen-bond donors (Lipinski definition) is 1. The van der Waals surface area contributed by atoms with Crippen molar-refractivity contribution < 1.29 is 4.79 Å². The topological polar surface area (TPSA) is 43.1 Å². The highest BCUT2D eigenvalue weighted by atomic mass is 16.1. The molecular weight excluding hydrogens is 138 g/mol. The zero-order valence-corrected chi connectivity index (χ0v) is 7.98. The zero-order valence-electron chi connectivity index (χ0n) is 7.98. The van der Waals surface area contributed by atoms with Crippen molar-refractivity contribution >= 4 is 5.91 Å². The first-order valence-corrected chi connectivity index (χ1v) is 4.16. The second kappa shape index (κ2) is 3.74. The summed E-state index contributed by atoms with van der Waals surface area (Å²) in [7, 11) is 0. The minimum atomic E-state index is -0.329. The Morgan fingerprint density at radius 1 is 1.45 bits per heavy atom. The molecule has 0 aromatic heterocycles. The summed E-state index contributed by atoms with van der Waals surface area (Å²) in [6.07, 6.45) is 1.95. The molecule has 0 aliphatic carbocycles. The van der Waals surface area contributed by atoms with Crippen LogP contribution in [0.5, 0.6) is 0 Å². The van der Waals surface area contributed by atoms with Gasteiger partial charge in [0.25, 0.3) is 0 Å². The van der Waals surface area contributed by atoms with E-state index in [0.717, 1.165) is 12.8 Å². The van der Waals surface area contributed by atoms with Crippen LogP contribution in [-0.2, 0) is 4.79 Å². The number of amides is 1. The van der Waals surface area contributed by atoms with Gasteiger partial charge in [-0.25, -0.2) is 0 Å². The van der Waals surface area contributed by atoms with Crippen molar-refractivity contribution in [3.8, 4) is 0 Å². The van der Waals surface area contributed by atoms with Gasteiger partial charge in [0.15, 0.2) is 0 Å². The van der Waals surface area contributed by atoms with E-state index in [9.17, 15) is 4.79 Å². The molecule has 0 spiro atoms. The van der Waals surface area contributed by atoms with Gasteiger partial charge in [-0.2, -0.15) is 0 Å². The van der Waals surface area contributed by atoms with Crippen molar-refractivity contribution in [1.82, 2.24) is 0 Å². The summed E-state index contributed by atoms with van der Waals surface area (Å²) in [5.41, 5.74) is 4.89. The van der Waals surface area contributed by atoms with Crippen LogP contribution in [0.1, 0.15) is 40.5 Å². The van der Waals surface area contributed by atoms with E-state index >= 15 is 0 Å². The van der Waals surface area contributed by atoms with E-state index in [1.54, 1.807) is 0 Å². The third-order valence-corrected chi connectivity index (χ3v) is 2.01. The smallest absolute Gasteiger partial charge is 0.223 e. The average Bonchev–Trinajstić information content (AvgIpc) is 1.84. The van der Waals surface area contributed by atoms with Crippen LogP contribution in [0.3, 0.4) is 0 Å². The third kappa shape index (κ3) is 4.02. The highest BCUT2D eigenvalue weighted by Gasteiger charge is 2.24. The highest BCUT2D eigenvalue weighted by Crippen LogP contribution is 2.23. The van der Waals surface area contributed by atoms with E-state index in [-0.39, 0.29) is 11.3 Å². The lowest BCUT2D eigenvalue weighted by Gasteiger charge is -2.20. The molecule has 0 aromatic rings. The Morgan fingerprint density at radius 3 is 2.18 bits per heavy atom. The van der Waals surface area contributed by atoms with Crippen molar-refractivity contribution in [3.05, 3.63) is 0 Å². The molecule has 11 heavy (non-hydrogen) atoms. The SMILES string of the molecule is CC(C)CCC(C)(C)C(N)=O. The molecule has 0 saturated carbocycles. The van der Waals surface area contributed by atoms with Gasteiger partial charge in [-0.15, -0.1) is 0 Å². The van der Waals surface area contributed by atoms with Crippen LogP contribution < -0.4 is 5.73 Å². The maximum Gasteiger partial charge on any atom is 0.223 e. The van der Waals surface area contributed by atoms with Crippen LogP contribution in [0.15, 0.2) is 0 Å². The molecule has 2 heteroatoms. The summed E-state index contributed by atoms with van der Waals surface area (Å²) in [5, 5.41) is 0.